The molecule has 0 bridgehead atoms. The van der Waals surface area contributed by atoms with Crippen molar-refractivity contribution >= 4 is 23.3 Å². The van der Waals surface area contributed by atoms with E-state index in [1.165, 1.54) is 16.5 Å². The lowest BCUT2D eigenvalue weighted by Crippen LogP contribution is -2.31. The molecule has 1 unspecified atom stereocenters. The van der Waals surface area contributed by atoms with Crippen molar-refractivity contribution in [1.82, 2.24) is 9.88 Å². The van der Waals surface area contributed by atoms with Crippen LogP contribution in [0.4, 0.5) is 0 Å². The largest absolute Gasteiger partial charge is 0.395 e. The quantitative estimate of drug-likeness (QED) is 0.874. The van der Waals surface area contributed by atoms with Gasteiger partial charge in [-0.3, -0.25) is 0 Å². The average molecular weight is 269 g/mol. The third kappa shape index (κ3) is 3.05. The van der Waals surface area contributed by atoms with Gasteiger partial charge in [0.1, 0.15) is 0 Å². The maximum Gasteiger partial charge on any atom is 0.0584 e. The fraction of sp³-hybridized carbons (Fsp3) is 0.429. The Kier molecular flexibility index (Phi) is 5.66. The van der Waals surface area contributed by atoms with Crippen molar-refractivity contribution < 1.29 is 5.11 Å². The lowest BCUT2D eigenvalue weighted by atomic mass is 10.1. The number of hydrogen-bond donors (Lipinski definition) is 2. The summed E-state index contributed by atoms with van der Waals surface area (Å²) in [5, 5.41) is 13.8. The van der Waals surface area contributed by atoms with Crippen LogP contribution in [0.15, 0.2) is 30.5 Å². The van der Waals surface area contributed by atoms with Crippen LogP contribution in [0, 0.1) is 0 Å². The van der Waals surface area contributed by atoms with Gasteiger partial charge in [0.05, 0.1) is 6.61 Å². The summed E-state index contributed by atoms with van der Waals surface area (Å²) in [6.45, 7) is 3.08. The number of nitrogens with zero attached hydrogens (tertiary/aromatic N) is 1. The lowest BCUT2D eigenvalue weighted by molar-refractivity contribution is 0.238. The Morgan fingerprint density at radius 2 is 2.06 bits per heavy atom. The van der Waals surface area contributed by atoms with E-state index < -0.39 is 0 Å². The van der Waals surface area contributed by atoms with Gasteiger partial charge >= 0.3 is 0 Å². The molecular formula is C14H21ClN2O. The lowest BCUT2D eigenvalue weighted by Gasteiger charge is -2.13. The molecule has 0 aliphatic rings. The Labute approximate surface area is 114 Å². The molecule has 1 aromatic carbocycles. The molecule has 4 heteroatoms. The van der Waals surface area contributed by atoms with Crippen LogP contribution < -0.4 is 5.32 Å². The Balaban J connectivity index is 0.00000162. The molecule has 2 aromatic rings. The number of halogens is 1. The Hall–Kier alpha value is -1.03. The first-order valence-electron chi connectivity index (χ1n) is 6.13. The highest BCUT2D eigenvalue weighted by Gasteiger charge is 2.08. The third-order valence-corrected chi connectivity index (χ3v) is 3.27. The molecule has 0 spiro atoms. The summed E-state index contributed by atoms with van der Waals surface area (Å²) in [5.74, 6) is 0. The third-order valence-electron chi connectivity index (χ3n) is 3.27. The van der Waals surface area contributed by atoms with Gasteiger partial charge < -0.3 is 15.0 Å². The van der Waals surface area contributed by atoms with Crippen molar-refractivity contribution in [3.63, 3.8) is 0 Å². The van der Waals surface area contributed by atoms with Gasteiger partial charge in [-0.05, 0) is 18.1 Å². The van der Waals surface area contributed by atoms with Gasteiger partial charge in [-0.1, -0.05) is 25.1 Å². The van der Waals surface area contributed by atoms with Crippen LogP contribution in [0.1, 0.15) is 18.9 Å². The summed E-state index contributed by atoms with van der Waals surface area (Å²) in [7, 11) is 2.06. The van der Waals surface area contributed by atoms with Gasteiger partial charge in [0.25, 0.3) is 0 Å². The van der Waals surface area contributed by atoms with E-state index >= 15 is 0 Å². The SMILES string of the molecule is CCC(CO)NCc1cn(C)c2ccccc12.Cl. The van der Waals surface area contributed by atoms with E-state index in [1.54, 1.807) is 0 Å². The zero-order valence-electron chi connectivity index (χ0n) is 10.9. The van der Waals surface area contributed by atoms with Gasteiger partial charge in [0.15, 0.2) is 0 Å². The highest BCUT2D eigenvalue weighted by molar-refractivity contribution is 5.85. The molecule has 1 atom stereocenters. The summed E-state index contributed by atoms with van der Waals surface area (Å²) < 4.78 is 2.15. The number of hydrogen-bond acceptors (Lipinski definition) is 2. The van der Waals surface area contributed by atoms with E-state index in [-0.39, 0.29) is 25.1 Å². The summed E-state index contributed by atoms with van der Waals surface area (Å²) >= 11 is 0. The van der Waals surface area contributed by atoms with E-state index in [1.807, 2.05) is 0 Å². The second-order valence-corrected chi connectivity index (χ2v) is 4.45. The number of fused-ring (bicyclic) bond motifs is 1. The number of aryl methyl sites for hydroxylation is 1. The average Bonchev–Trinajstić information content (AvgIpc) is 2.69. The zero-order chi connectivity index (χ0) is 12.3. The van der Waals surface area contributed by atoms with Gasteiger partial charge in [-0.25, -0.2) is 0 Å². The Bertz CT molecular complexity index is 491. The highest BCUT2D eigenvalue weighted by atomic mass is 35.5. The van der Waals surface area contributed by atoms with E-state index in [0.717, 1.165) is 13.0 Å². The second-order valence-electron chi connectivity index (χ2n) is 4.45. The van der Waals surface area contributed by atoms with Gasteiger partial charge in [-0.15, -0.1) is 12.4 Å². The number of aliphatic hydroxyl groups excluding tert-OH is 1. The molecule has 100 valence electrons. The van der Waals surface area contributed by atoms with Crippen molar-refractivity contribution in [2.45, 2.75) is 25.9 Å². The molecule has 2 N–H and O–H groups in total. The minimum Gasteiger partial charge on any atom is -0.395 e. The van der Waals surface area contributed by atoms with Crippen molar-refractivity contribution in [3.8, 4) is 0 Å². The molecule has 0 saturated carbocycles. The number of aromatic nitrogens is 1. The van der Waals surface area contributed by atoms with E-state index in [4.69, 9.17) is 5.11 Å². The first kappa shape index (κ1) is 15.0. The molecule has 0 fully saturated rings. The van der Waals surface area contributed by atoms with Crippen LogP contribution in [0.25, 0.3) is 10.9 Å². The number of para-hydroxylation sites is 1. The number of aliphatic hydroxyl groups is 1. The number of benzene rings is 1. The van der Waals surface area contributed by atoms with Crippen molar-refractivity contribution in [1.29, 1.82) is 0 Å². The summed E-state index contributed by atoms with van der Waals surface area (Å²) in [6.07, 6.45) is 3.10. The first-order chi connectivity index (χ1) is 8.26. The topological polar surface area (TPSA) is 37.2 Å². The minimum atomic E-state index is 0. The van der Waals surface area contributed by atoms with Crippen LogP contribution >= 0.6 is 12.4 Å². The van der Waals surface area contributed by atoms with E-state index in [0.29, 0.717) is 0 Å². The summed E-state index contributed by atoms with van der Waals surface area (Å²) in [5.41, 5.74) is 2.54. The normalized spacial score (nSPS) is 12.4. The minimum absolute atomic E-state index is 0. The van der Waals surface area contributed by atoms with Crippen LogP contribution in [0.3, 0.4) is 0 Å². The smallest absolute Gasteiger partial charge is 0.0584 e. The maximum atomic E-state index is 9.15. The molecule has 1 heterocycles. The van der Waals surface area contributed by atoms with Gasteiger partial charge in [0.2, 0.25) is 0 Å². The molecule has 0 amide bonds. The molecule has 0 radical (unpaired) electrons. The van der Waals surface area contributed by atoms with E-state index in [2.05, 4.69) is 54.3 Å². The molecule has 3 nitrogen and oxygen atoms in total. The molecule has 1 aromatic heterocycles. The van der Waals surface area contributed by atoms with Crippen molar-refractivity contribution in [3.05, 3.63) is 36.0 Å². The molecule has 2 rings (SSSR count). The van der Waals surface area contributed by atoms with Crippen LogP contribution in [0.2, 0.25) is 0 Å². The molecule has 18 heavy (non-hydrogen) atoms. The van der Waals surface area contributed by atoms with Gasteiger partial charge in [-0.2, -0.15) is 0 Å². The summed E-state index contributed by atoms with van der Waals surface area (Å²) in [4.78, 5) is 0. The zero-order valence-corrected chi connectivity index (χ0v) is 11.7. The predicted molar refractivity (Wildman–Crippen MR) is 78.2 cm³/mol. The number of nitrogens with one attached hydrogen (secondary N) is 1. The van der Waals surface area contributed by atoms with Crippen LogP contribution in [0.5, 0.6) is 0 Å². The fourth-order valence-electron chi connectivity index (χ4n) is 2.16. The highest BCUT2D eigenvalue weighted by Crippen LogP contribution is 2.20. The maximum absolute atomic E-state index is 9.15. The molecular weight excluding hydrogens is 248 g/mol. The monoisotopic (exact) mass is 268 g/mol. The first-order valence-corrected chi connectivity index (χ1v) is 6.13. The van der Waals surface area contributed by atoms with Crippen molar-refractivity contribution in [2.75, 3.05) is 6.61 Å². The van der Waals surface area contributed by atoms with Crippen LogP contribution in [-0.2, 0) is 13.6 Å². The molecule has 0 saturated heterocycles. The standard InChI is InChI=1S/C14H20N2O.ClH/c1-3-12(10-17)15-8-11-9-16(2)14-7-5-4-6-13(11)14;/h4-7,9,12,15,17H,3,8,10H2,1-2H3;1H. The van der Waals surface area contributed by atoms with Gasteiger partial charge in [0, 0.05) is 36.7 Å². The number of rotatable bonds is 5. The molecule has 0 aliphatic carbocycles. The fourth-order valence-corrected chi connectivity index (χ4v) is 2.16. The Morgan fingerprint density at radius 1 is 1.33 bits per heavy atom. The molecule has 0 aliphatic heterocycles. The van der Waals surface area contributed by atoms with Crippen molar-refractivity contribution in [2.24, 2.45) is 7.05 Å². The van der Waals surface area contributed by atoms with Crippen LogP contribution in [-0.4, -0.2) is 22.3 Å². The van der Waals surface area contributed by atoms with E-state index in [9.17, 15) is 0 Å². The summed E-state index contributed by atoms with van der Waals surface area (Å²) in [6, 6.07) is 8.58. The predicted octanol–water partition coefficient (Wildman–Crippen LogP) is 2.46. The Morgan fingerprint density at radius 3 is 2.72 bits per heavy atom. The second kappa shape index (κ2) is 6.78.